The number of nitrogens with zero attached hydrogens (tertiary/aromatic N) is 2. The zero-order valence-corrected chi connectivity index (χ0v) is 9.04. The summed E-state index contributed by atoms with van der Waals surface area (Å²) >= 11 is 0. The van der Waals surface area contributed by atoms with Crippen LogP contribution in [0.15, 0.2) is 29.4 Å². The van der Waals surface area contributed by atoms with Crippen LogP contribution in [-0.4, -0.2) is 22.7 Å². The lowest BCUT2D eigenvalue weighted by Gasteiger charge is -2.04. The van der Waals surface area contributed by atoms with Gasteiger partial charge in [-0.25, -0.2) is 10.6 Å². The van der Waals surface area contributed by atoms with Crippen molar-refractivity contribution in [3.05, 3.63) is 29.8 Å². The third kappa shape index (κ3) is 3.03. The molecule has 0 saturated heterocycles. The predicted octanol–water partition coefficient (Wildman–Crippen LogP) is -0.334. The largest absolute Gasteiger partial charge is 0.478 e. The number of carboxylic acid groups (broad SMARTS) is 1. The molecule has 5 N–H and O–H groups in total. The Morgan fingerprint density at radius 3 is 2.61 bits per heavy atom. The van der Waals surface area contributed by atoms with E-state index in [1.165, 1.54) is 24.3 Å². The summed E-state index contributed by atoms with van der Waals surface area (Å²) in [5.74, 6) is 2.81. The number of carboxylic acids is 1. The van der Waals surface area contributed by atoms with Crippen molar-refractivity contribution < 1.29 is 14.7 Å². The normalized spacial score (nSPS) is 10.3. The van der Waals surface area contributed by atoms with Crippen LogP contribution in [0.2, 0.25) is 0 Å². The molecule has 0 fully saturated rings. The fourth-order valence-corrected chi connectivity index (χ4v) is 1.08. The number of para-hydroxylation sites is 1. The van der Waals surface area contributed by atoms with Crippen LogP contribution < -0.4 is 16.7 Å². The molecule has 18 heavy (non-hydrogen) atoms. The summed E-state index contributed by atoms with van der Waals surface area (Å²) in [6, 6.07) is 7.44. The average Bonchev–Trinajstić information content (AvgIpc) is 2.39. The second-order valence-electron chi connectivity index (χ2n) is 3.01. The summed E-state index contributed by atoms with van der Waals surface area (Å²) in [6.07, 6.45) is 0. The smallest absolute Gasteiger partial charge is 0.337 e. The molecule has 1 aromatic carbocycles. The molecule has 0 heterocycles. The summed E-state index contributed by atoms with van der Waals surface area (Å²) < 4.78 is 0. The molecule has 0 atom stereocenters. The molecule has 0 unspecified atom stereocenters. The second kappa shape index (κ2) is 5.97. The minimum atomic E-state index is -1.16. The number of carbonyl (C=O) groups is 2. The van der Waals surface area contributed by atoms with Crippen molar-refractivity contribution in [3.8, 4) is 6.07 Å². The summed E-state index contributed by atoms with van der Waals surface area (Å²) in [7, 11) is 0. The van der Waals surface area contributed by atoms with Crippen molar-refractivity contribution >= 4 is 23.3 Å². The van der Waals surface area contributed by atoms with Crippen molar-refractivity contribution in [1.82, 2.24) is 5.43 Å². The Morgan fingerprint density at radius 1 is 1.39 bits per heavy atom. The first-order valence-electron chi connectivity index (χ1n) is 4.67. The standard InChI is InChI=1S/C10H9N5O3/c11-5-8(9(16)13-12)15-14-7-4-2-1-3-6(7)10(17)18/h1-4,14H,12H2,(H,13,16)(H,17,18)/b15-8+. The number of nitrogens with one attached hydrogen (secondary N) is 2. The van der Waals surface area contributed by atoms with Gasteiger partial charge in [0.25, 0.3) is 5.91 Å². The van der Waals surface area contributed by atoms with E-state index in [-0.39, 0.29) is 11.3 Å². The zero-order valence-electron chi connectivity index (χ0n) is 9.04. The third-order valence-electron chi connectivity index (χ3n) is 1.90. The highest BCUT2D eigenvalue weighted by atomic mass is 16.4. The van der Waals surface area contributed by atoms with Crippen LogP contribution in [0, 0.1) is 11.3 Å². The number of nitrogens with two attached hydrogens (primary N) is 1. The van der Waals surface area contributed by atoms with Gasteiger partial charge in [-0.15, -0.1) is 0 Å². The predicted molar refractivity (Wildman–Crippen MR) is 62.4 cm³/mol. The number of hydrogen-bond acceptors (Lipinski definition) is 6. The van der Waals surface area contributed by atoms with Gasteiger partial charge in [0.15, 0.2) is 0 Å². The zero-order chi connectivity index (χ0) is 13.5. The molecule has 0 aliphatic heterocycles. The Bertz CT molecular complexity index is 547. The molecule has 0 aliphatic rings. The van der Waals surface area contributed by atoms with Gasteiger partial charge in [0, 0.05) is 0 Å². The van der Waals surface area contributed by atoms with Crippen molar-refractivity contribution in [3.63, 3.8) is 0 Å². The average molecular weight is 247 g/mol. The van der Waals surface area contributed by atoms with E-state index < -0.39 is 17.6 Å². The van der Waals surface area contributed by atoms with E-state index in [1.807, 2.05) is 0 Å². The number of carbonyl (C=O) groups excluding carboxylic acids is 1. The lowest BCUT2D eigenvalue weighted by Crippen LogP contribution is -2.36. The Labute approximate surface area is 102 Å². The van der Waals surface area contributed by atoms with Crippen LogP contribution in [0.4, 0.5) is 5.69 Å². The quantitative estimate of drug-likeness (QED) is 0.248. The number of hydrazone groups is 1. The van der Waals surface area contributed by atoms with Gasteiger partial charge in [0.05, 0.1) is 11.3 Å². The Morgan fingerprint density at radius 2 is 2.06 bits per heavy atom. The fraction of sp³-hybridized carbons (Fsp3) is 0. The molecule has 0 saturated carbocycles. The topological polar surface area (TPSA) is 141 Å². The minimum Gasteiger partial charge on any atom is -0.478 e. The van der Waals surface area contributed by atoms with Crippen LogP contribution in [-0.2, 0) is 4.79 Å². The van der Waals surface area contributed by atoms with E-state index in [0.717, 1.165) is 0 Å². The van der Waals surface area contributed by atoms with Crippen molar-refractivity contribution in [2.75, 3.05) is 5.43 Å². The highest BCUT2D eigenvalue weighted by Crippen LogP contribution is 2.14. The highest BCUT2D eigenvalue weighted by Gasteiger charge is 2.11. The second-order valence-corrected chi connectivity index (χ2v) is 3.01. The number of aromatic carboxylic acids is 1. The first-order chi connectivity index (χ1) is 8.60. The molecular formula is C10H9N5O3. The molecule has 0 radical (unpaired) electrons. The van der Waals surface area contributed by atoms with Crippen LogP contribution in [0.1, 0.15) is 10.4 Å². The molecular weight excluding hydrogens is 238 g/mol. The van der Waals surface area contributed by atoms with E-state index in [9.17, 15) is 9.59 Å². The van der Waals surface area contributed by atoms with Crippen LogP contribution in [0.5, 0.6) is 0 Å². The Hall–Kier alpha value is -2.92. The third-order valence-corrected chi connectivity index (χ3v) is 1.90. The maximum atomic E-state index is 11.0. The summed E-state index contributed by atoms with van der Waals surface area (Å²) in [5.41, 5.74) is 3.67. The fourth-order valence-electron chi connectivity index (χ4n) is 1.08. The van der Waals surface area contributed by atoms with Crippen molar-refractivity contribution in [1.29, 1.82) is 5.26 Å². The van der Waals surface area contributed by atoms with Gasteiger partial charge in [-0.2, -0.15) is 10.4 Å². The summed E-state index contributed by atoms with van der Waals surface area (Å²) in [6.45, 7) is 0. The van der Waals surface area contributed by atoms with E-state index in [1.54, 1.807) is 11.5 Å². The SMILES string of the molecule is N#C/C(=N\Nc1ccccc1C(=O)O)C(=O)NN. The number of hydrazine groups is 1. The molecule has 0 aliphatic carbocycles. The summed E-state index contributed by atoms with van der Waals surface area (Å²) in [4.78, 5) is 21.9. The molecule has 0 spiro atoms. The molecule has 8 heteroatoms. The maximum absolute atomic E-state index is 11.0. The van der Waals surface area contributed by atoms with Crippen LogP contribution >= 0.6 is 0 Å². The van der Waals surface area contributed by atoms with Gasteiger partial charge in [-0.05, 0) is 12.1 Å². The van der Waals surface area contributed by atoms with E-state index in [0.29, 0.717) is 0 Å². The number of benzene rings is 1. The Kier molecular flexibility index (Phi) is 4.36. The molecule has 1 amide bonds. The van der Waals surface area contributed by atoms with Gasteiger partial charge >= 0.3 is 5.97 Å². The molecule has 8 nitrogen and oxygen atoms in total. The lowest BCUT2D eigenvalue weighted by molar-refractivity contribution is -0.114. The number of nitriles is 1. The number of hydrogen-bond donors (Lipinski definition) is 4. The molecule has 1 rings (SSSR count). The van der Waals surface area contributed by atoms with Crippen LogP contribution in [0.25, 0.3) is 0 Å². The van der Waals surface area contributed by atoms with Crippen molar-refractivity contribution in [2.24, 2.45) is 10.9 Å². The minimum absolute atomic E-state index is 0.0355. The maximum Gasteiger partial charge on any atom is 0.337 e. The van der Waals surface area contributed by atoms with Gasteiger partial charge < -0.3 is 5.11 Å². The monoisotopic (exact) mass is 247 g/mol. The van der Waals surface area contributed by atoms with Crippen LogP contribution in [0.3, 0.4) is 0 Å². The summed E-state index contributed by atoms with van der Waals surface area (Å²) in [5, 5.41) is 21.0. The first kappa shape index (κ1) is 13.1. The van der Waals surface area contributed by atoms with Crippen molar-refractivity contribution in [2.45, 2.75) is 0 Å². The van der Waals surface area contributed by atoms with E-state index >= 15 is 0 Å². The number of amides is 1. The molecule has 92 valence electrons. The van der Waals surface area contributed by atoms with Gasteiger partial charge in [-0.3, -0.25) is 15.6 Å². The highest BCUT2D eigenvalue weighted by molar-refractivity contribution is 6.45. The Balaban J connectivity index is 2.99. The number of anilines is 1. The molecule has 0 aromatic heterocycles. The van der Waals surface area contributed by atoms with Gasteiger partial charge in [-0.1, -0.05) is 12.1 Å². The number of rotatable bonds is 4. The van der Waals surface area contributed by atoms with Gasteiger partial charge in [0.1, 0.15) is 6.07 Å². The van der Waals surface area contributed by atoms with Gasteiger partial charge in [0.2, 0.25) is 5.71 Å². The van der Waals surface area contributed by atoms with E-state index in [2.05, 4.69) is 10.5 Å². The lowest BCUT2D eigenvalue weighted by atomic mass is 10.2. The van der Waals surface area contributed by atoms with E-state index in [4.69, 9.17) is 16.2 Å². The molecule has 0 bridgehead atoms. The molecule has 1 aromatic rings. The first-order valence-corrected chi connectivity index (χ1v) is 4.67.